The van der Waals surface area contributed by atoms with Crippen LogP contribution in [0.4, 0.5) is 0 Å². The van der Waals surface area contributed by atoms with Crippen LogP contribution in [-0.4, -0.2) is 0 Å². The molecule has 5 heterocycles. The summed E-state index contributed by atoms with van der Waals surface area (Å²) in [5, 5.41) is 0. The fourth-order valence-corrected chi connectivity index (χ4v) is 9.94. The molecule has 0 nitrogen and oxygen atoms in total. The fraction of sp³-hybridized carbons (Fsp3) is 0.360. The third-order valence-electron chi connectivity index (χ3n) is 5.46. The van der Waals surface area contributed by atoms with Crippen molar-refractivity contribution in [1.29, 1.82) is 0 Å². The molecule has 156 valence electrons. The maximum Gasteiger partial charge on any atom is 0.0588 e. The lowest BCUT2D eigenvalue weighted by molar-refractivity contribution is 0.804. The fourth-order valence-electron chi connectivity index (χ4n) is 3.76. The van der Waals surface area contributed by atoms with Gasteiger partial charge in [0.05, 0.1) is 9.75 Å². The Morgan fingerprint density at radius 2 is 1.27 bits per heavy atom. The van der Waals surface area contributed by atoms with Crippen molar-refractivity contribution in [2.24, 2.45) is 0 Å². The molecule has 0 spiro atoms. The van der Waals surface area contributed by atoms with Gasteiger partial charge in [-0.25, -0.2) is 0 Å². The Labute approximate surface area is 200 Å². The van der Waals surface area contributed by atoms with Gasteiger partial charge in [-0.3, -0.25) is 0 Å². The molecule has 0 radical (unpaired) electrons. The summed E-state index contributed by atoms with van der Waals surface area (Å²) in [6, 6.07) is 14.2. The Bertz CT molecular complexity index is 1050. The van der Waals surface area contributed by atoms with Gasteiger partial charge < -0.3 is 0 Å². The van der Waals surface area contributed by atoms with Crippen LogP contribution in [0, 0.1) is 0 Å². The molecule has 5 rings (SSSR count). The maximum atomic E-state index is 2.46. The Hall–Kier alpha value is -0.850. The van der Waals surface area contributed by atoms with Gasteiger partial charge in [-0.1, -0.05) is 26.7 Å². The lowest BCUT2D eigenvalue weighted by Crippen LogP contribution is -1.86. The Morgan fingerprint density at radius 3 is 1.90 bits per heavy atom. The maximum absolute atomic E-state index is 2.46. The molecule has 0 saturated carbocycles. The predicted molar refractivity (Wildman–Crippen MR) is 141 cm³/mol. The largest absolute Gasteiger partial charge is 0.139 e. The molecule has 4 aromatic rings. The number of aryl methyl sites for hydroxylation is 2. The van der Waals surface area contributed by atoms with E-state index in [0.717, 1.165) is 5.75 Å². The van der Waals surface area contributed by atoms with Gasteiger partial charge in [-0.05, 0) is 67.6 Å². The first-order chi connectivity index (χ1) is 14.7. The summed E-state index contributed by atoms with van der Waals surface area (Å²) >= 11 is 10.00. The van der Waals surface area contributed by atoms with E-state index in [4.69, 9.17) is 0 Å². The molecular weight excluding hydrogens is 461 g/mol. The van der Waals surface area contributed by atoms with Crippen molar-refractivity contribution in [2.75, 3.05) is 0 Å². The van der Waals surface area contributed by atoms with Gasteiger partial charge in [-0.15, -0.1) is 57.1 Å². The van der Waals surface area contributed by atoms with Gasteiger partial charge in [0, 0.05) is 39.9 Å². The van der Waals surface area contributed by atoms with Gasteiger partial charge in [0.25, 0.3) is 0 Å². The first-order valence-corrected chi connectivity index (χ1v) is 15.1. The van der Waals surface area contributed by atoms with E-state index < -0.39 is 0 Å². The summed E-state index contributed by atoms with van der Waals surface area (Å²) in [5.41, 5.74) is 1.53. The molecule has 0 unspecified atom stereocenters. The van der Waals surface area contributed by atoms with Crippen molar-refractivity contribution in [3.63, 3.8) is 0 Å². The molecule has 30 heavy (non-hydrogen) atoms. The lowest BCUT2D eigenvalue weighted by atomic mass is 10.2. The second kappa shape index (κ2) is 9.33. The molecular formula is C25H26S5. The predicted octanol–water partition coefficient (Wildman–Crippen LogP) is 10.2. The molecule has 0 atom stereocenters. The molecule has 0 amide bonds. The molecule has 0 fully saturated rings. The number of hydrogen-bond donors (Lipinski definition) is 0. The van der Waals surface area contributed by atoms with Crippen molar-refractivity contribution in [2.45, 2.75) is 63.0 Å². The van der Waals surface area contributed by atoms with E-state index in [9.17, 15) is 0 Å². The van der Waals surface area contributed by atoms with Gasteiger partial charge in [0.1, 0.15) is 0 Å². The van der Waals surface area contributed by atoms with Crippen molar-refractivity contribution in [1.82, 2.24) is 0 Å². The summed E-state index contributed by atoms with van der Waals surface area (Å²) in [5.74, 6) is 1.11. The second-order valence-electron chi connectivity index (χ2n) is 7.80. The highest BCUT2D eigenvalue weighted by atomic mass is 32.2. The molecule has 0 bridgehead atoms. The molecule has 0 saturated heterocycles. The van der Waals surface area contributed by atoms with E-state index in [0.29, 0.717) is 0 Å². The highest BCUT2D eigenvalue weighted by molar-refractivity contribution is 7.99. The molecule has 0 aromatic carbocycles. The average Bonchev–Trinajstić information content (AvgIpc) is 3.53. The van der Waals surface area contributed by atoms with E-state index >= 15 is 0 Å². The molecule has 5 heteroatoms. The third kappa shape index (κ3) is 4.24. The van der Waals surface area contributed by atoms with Gasteiger partial charge >= 0.3 is 0 Å². The van der Waals surface area contributed by atoms with Gasteiger partial charge in [-0.2, -0.15) is 0 Å². The monoisotopic (exact) mass is 486 g/mol. The van der Waals surface area contributed by atoms with Crippen LogP contribution in [-0.2, 0) is 18.6 Å². The zero-order valence-corrected chi connectivity index (χ0v) is 21.5. The number of rotatable bonds is 8. The standard InChI is InChI=1S/C25H26S5/c1-3-5-7-17-9-11-19(27-17)21-13-16-15-26-23-14-22(30-25(23)24(16)29-21)20-12-10-18(28-20)8-6-4-2/h9-14H,3-8,15H2,1-2H3. The summed E-state index contributed by atoms with van der Waals surface area (Å²) < 4.78 is 0. The first kappa shape index (κ1) is 21.0. The zero-order chi connectivity index (χ0) is 20.5. The van der Waals surface area contributed by atoms with Crippen LogP contribution in [0.5, 0.6) is 0 Å². The van der Waals surface area contributed by atoms with Crippen LogP contribution >= 0.6 is 57.1 Å². The van der Waals surface area contributed by atoms with Crippen molar-refractivity contribution in [3.05, 3.63) is 51.7 Å². The van der Waals surface area contributed by atoms with Crippen LogP contribution < -0.4 is 0 Å². The van der Waals surface area contributed by atoms with E-state index in [-0.39, 0.29) is 0 Å². The van der Waals surface area contributed by atoms with E-state index in [2.05, 4.69) is 50.2 Å². The normalized spacial score (nSPS) is 12.9. The van der Waals surface area contributed by atoms with Crippen LogP contribution in [0.15, 0.2) is 41.3 Å². The number of fused-ring (bicyclic) bond motifs is 3. The summed E-state index contributed by atoms with van der Waals surface area (Å²) in [4.78, 5) is 13.3. The van der Waals surface area contributed by atoms with E-state index in [1.165, 1.54) is 88.0 Å². The van der Waals surface area contributed by atoms with Crippen LogP contribution in [0.2, 0.25) is 0 Å². The summed E-state index contributed by atoms with van der Waals surface area (Å²) in [6.45, 7) is 4.54. The highest BCUT2D eigenvalue weighted by Crippen LogP contribution is 2.53. The second-order valence-corrected chi connectivity index (χ2v) is 13.3. The highest BCUT2D eigenvalue weighted by Gasteiger charge is 2.24. The zero-order valence-electron chi connectivity index (χ0n) is 17.5. The van der Waals surface area contributed by atoms with Crippen molar-refractivity contribution in [3.8, 4) is 29.3 Å². The molecule has 1 aliphatic heterocycles. The average molecular weight is 487 g/mol. The van der Waals surface area contributed by atoms with Crippen molar-refractivity contribution < 1.29 is 0 Å². The summed E-state index contributed by atoms with van der Waals surface area (Å²) in [7, 11) is 0. The number of thiophene rings is 4. The molecule has 4 aromatic heterocycles. The lowest BCUT2D eigenvalue weighted by Gasteiger charge is -2.09. The Balaban J connectivity index is 1.42. The van der Waals surface area contributed by atoms with E-state index in [1.54, 1.807) is 0 Å². The van der Waals surface area contributed by atoms with E-state index in [1.807, 2.05) is 57.1 Å². The number of unbranched alkanes of at least 4 members (excludes halogenated alkanes) is 2. The van der Waals surface area contributed by atoms with Gasteiger partial charge in [0.2, 0.25) is 0 Å². The smallest absolute Gasteiger partial charge is 0.0588 e. The summed E-state index contributed by atoms with van der Waals surface area (Å²) in [6.07, 6.45) is 7.57. The Kier molecular flexibility index (Phi) is 6.54. The van der Waals surface area contributed by atoms with Crippen LogP contribution in [0.25, 0.3) is 29.3 Å². The first-order valence-electron chi connectivity index (χ1n) is 10.8. The van der Waals surface area contributed by atoms with Gasteiger partial charge in [0.15, 0.2) is 0 Å². The minimum absolute atomic E-state index is 1.11. The quantitative estimate of drug-likeness (QED) is 0.239. The topological polar surface area (TPSA) is 0 Å². The number of thioether (sulfide) groups is 1. The minimum Gasteiger partial charge on any atom is -0.139 e. The third-order valence-corrected chi connectivity index (χ3v) is 11.8. The minimum atomic E-state index is 1.11. The van der Waals surface area contributed by atoms with Crippen LogP contribution in [0.1, 0.15) is 54.8 Å². The number of hydrogen-bond acceptors (Lipinski definition) is 5. The van der Waals surface area contributed by atoms with Crippen molar-refractivity contribution >= 4 is 57.1 Å². The Morgan fingerprint density at radius 1 is 0.667 bits per heavy atom. The molecule has 1 aliphatic rings. The molecule has 0 aliphatic carbocycles. The molecule has 0 N–H and O–H groups in total. The SMILES string of the molecule is CCCCc1ccc(-c2cc3c(s2)-c2sc(-c4ccc(CCCC)s4)cc2SC3)s1. The van der Waals surface area contributed by atoms with Crippen LogP contribution in [0.3, 0.4) is 0 Å².